The Labute approximate surface area is 117 Å². The van der Waals surface area contributed by atoms with Gasteiger partial charge in [0.1, 0.15) is 5.82 Å². The van der Waals surface area contributed by atoms with Gasteiger partial charge in [0, 0.05) is 25.5 Å². The first-order valence-electron chi connectivity index (χ1n) is 7.01. The second-order valence-corrected chi connectivity index (χ2v) is 5.00. The van der Waals surface area contributed by atoms with E-state index in [0.29, 0.717) is 12.3 Å². The first-order chi connectivity index (χ1) is 9.81. The second kappa shape index (κ2) is 5.48. The highest BCUT2D eigenvalue weighted by Crippen LogP contribution is 2.29. The molecule has 0 bridgehead atoms. The molecule has 2 aromatic rings. The van der Waals surface area contributed by atoms with Crippen LogP contribution in [-0.4, -0.2) is 31.9 Å². The third-order valence-electron chi connectivity index (χ3n) is 3.69. The van der Waals surface area contributed by atoms with Crippen molar-refractivity contribution in [2.75, 3.05) is 6.54 Å². The summed E-state index contributed by atoms with van der Waals surface area (Å²) in [6.07, 6.45) is 9.38. The molecule has 3 heterocycles. The summed E-state index contributed by atoms with van der Waals surface area (Å²) >= 11 is 0. The summed E-state index contributed by atoms with van der Waals surface area (Å²) in [5.74, 6) is 1.17. The van der Waals surface area contributed by atoms with Crippen molar-refractivity contribution in [2.24, 2.45) is 0 Å². The van der Waals surface area contributed by atoms with Gasteiger partial charge in [-0.1, -0.05) is 13.3 Å². The van der Waals surface area contributed by atoms with Gasteiger partial charge in [-0.2, -0.15) is 0 Å². The fourth-order valence-corrected chi connectivity index (χ4v) is 2.78. The van der Waals surface area contributed by atoms with Crippen LogP contribution in [0.3, 0.4) is 0 Å². The van der Waals surface area contributed by atoms with Crippen molar-refractivity contribution >= 4 is 5.91 Å². The topological polar surface area (TPSA) is 64.2 Å². The van der Waals surface area contributed by atoms with Gasteiger partial charge in [-0.25, -0.2) is 9.97 Å². The van der Waals surface area contributed by atoms with Gasteiger partial charge in [-0.3, -0.25) is 4.79 Å². The van der Waals surface area contributed by atoms with Crippen LogP contribution in [0.4, 0.5) is 0 Å². The van der Waals surface area contributed by atoms with Crippen LogP contribution in [0, 0.1) is 0 Å². The average molecular weight is 274 g/mol. The SMILES string of the molecule is CCCC1c2nccn2CCCN1C(=O)c1cnco1. The molecule has 0 saturated heterocycles. The molecule has 0 N–H and O–H groups in total. The first-order valence-corrected chi connectivity index (χ1v) is 7.01. The summed E-state index contributed by atoms with van der Waals surface area (Å²) in [4.78, 5) is 22.7. The van der Waals surface area contributed by atoms with E-state index < -0.39 is 0 Å². The molecule has 3 rings (SSSR count). The van der Waals surface area contributed by atoms with E-state index >= 15 is 0 Å². The van der Waals surface area contributed by atoms with Gasteiger partial charge < -0.3 is 13.9 Å². The number of oxazole rings is 1. The van der Waals surface area contributed by atoms with E-state index in [1.54, 1.807) is 6.20 Å². The molecule has 1 atom stereocenters. The van der Waals surface area contributed by atoms with Crippen molar-refractivity contribution in [1.82, 2.24) is 19.4 Å². The summed E-state index contributed by atoms with van der Waals surface area (Å²) in [5.41, 5.74) is 0. The smallest absolute Gasteiger partial charge is 0.291 e. The third kappa shape index (κ3) is 2.21. The average Bonchev–Trinajstić information content (AvgIpc) is 3.10. The van der Waals surface area contributed by atoms with Crippen LogP contribution in [-0.2, 0) is 6.54 Å². The highest BCUT2D eigenvalue weighted by atomic mass is 16.3. The predicted octanol–water partition coefficient (Wildman–Crippen LogP) is 2.26. The normalized spacial score (nSPS) is 18.6. The Kier molecular flexibility index (Phi) is 3.54. The highest BCUT2D eigenvalue weighted by Gasteiger charge is 2.31. The maximum absolute atomic E-state index is 12.6. The van der Waals surface area contributed by atoms with Crippen LogP contribution in [0.5, 0.6) is 0 Å². The molecule has 0 radical (unpaired) electrons. The van der Waals surface area contributed by atoms with Crippen LogP contribution in [0.15, 0.2) is 29.4 Å². The van der Waals surface area contributed by atoms with E-state index in [4.69, 9.17) is 4.42 Å². The van der Waals surface area contributed by atoms with E-state index in [0.717, 1.165) is 31.6 Å². The van der Waals surface area contributed by atoms with Gasteiger partial charge in [0.2, 0.25) is 5.76 Å². The summed E-state index contributed by atoms with van der Waals surface area (Å²) in [6.45, 7) is 3.73. The molecule has 20 heavy (non-hydrogen) atoms. The van der Waals surface area contributed by atoms with Crippen molar-refractivity contribution < 1.29 is 9.21 Å². The Balaban J connectivity index is 1.94. The molecular weight excluding hydrogens is 256 g/mol. The van der Waals surface area contributed by atoms with E-state index in [1.807, 2.05) is 11.1 Å². The number of aryl methyl sites for hydroxylation is 1. The van der Waals surface area contributed by atoms with Gasteiger partial charge in [-0.15, -0.1) is 0 Å². The zero-order chi connectivity index (χ0) is 13.9. The Morgan fingerprint density at radius 3 is 3.15 bits per heavy atom. The standard InChI is InChI=1S/C14H18N4O2/c1-2-4-11-13-16-5-8-17(13)6-3-7-18(11)14(19)12-9-15-10-20-12/h5,8-11H,2-4,6-7H2,1H3. The second-order valence-electron chi connectivity index (χ2n) is 5.00. The third-order valence-corrected chi connectivity index (χ3v) is 3.69. The zero-order valence-corrected chi connectivity index (χ0v) is 11.5. The fraction of sp³-hybridized carbons (Fsp3) is 0.500. The molecule has 1 unspecified atom stereocenters. The molecule has 1 amide bonds. The summed E-state index contributed by atoms with van der Waals surface area (Å²) in [5, 5.41) is 0. The number of hydrogen-bond acceptors (Lipinski definition) is 4. The molecule has 6 heteroatoms. The molecule has 0 aliphatic carbocycles. The zero-order valence-electron chi connectivity index (χ0n) is 11.5. The van der Waals surface area contributed by atoms with E-state index in [9.17, 15) is 4.79 Å². The van der Waals surface area contributed by atoms with Gasteiger partial charge in [0.05, 0.1) is 12.2 Å². The lowest BCUT2D eigenvalue weighted by Gasteiger charge is -2.28. The Morgan fingerprint density at radius 2 is 2.40 bits per heavy atom. The Hall–Kier alpha value is -2.11. The molecule has 0 fully saturated rings. The summed E-state index contributed by atoms with van der Waals surface area (Å²) < 4.78 is 7.30. The van der Waals surface area contributed by atoms with Gasteiger partial charge in [0.15, 0.2) is 6.39 Å². The number of carbonyl (C=O) groups is 1. The van der Waals surface area contributed by atoms with E-state index in [2.05, 4.69) is 21.5 Å². The number of rotatable bonds is 3. The number of amides is 1. The number of fused-ring (bicyclic) bond motifs is 1. The summed E-state index contributed by atoms with van der Waals surface area (Å²) in [7, 11) is 0. The number of imidazole rings is 1. The van der Waals surface area contributed by atoms with Gasteiger partial charge in [-0.05, 0) is 12.8 Å². The highest BCUT2D eigenvalue weighted by molar-refractivity contribution is 5.91. The number of nitrogens with zero attached hydrogens (tertiary/aromatic N) is 4. The van der Waals surface area contributed by atoms with Gasteiger partial charge in [0.25, 0.3) is 5.91 Å². The number of aromatic nitrogens is 3. The minimum atomic E-state index is -0.0996. The lowest BCUT2D eigenvalue weighted by molar-refractivity contribution is 0.0632. The lowest BCUT2D eigenvalue weighted by Crippen LogP contribution is -2.35. The lowest BCUT2D eigenvalue weighted by atomic mass is 10.1. The van der Waals surface area contributed by atoms with Crippen molar-refractivity contribution in [1.29, 1.82) is 0 Å². The van der Waals surface area contributed by atoms with Gasteiger partial charge >= 0.3 is 0 Å². The molecule has 106 valence electrons. The molecule has 1 aliphatic heterocycles. The Bertz CT molecular complexity index is 576. The summed E-state index contributed by atoms with van der Waals surface area (Å²) in [6, 6.07) is 0.00935. The van der Waals surface area contributed by atoms with Crippen LogP contribution in [0.1, 0.15) is 48.6 Å². The minimum Gasteiger partial charge on any atom is -0.438 e. The van der Waals surface area contributed by atoms with Crippen LogP contribution in [0.25, 0.3) is 0 Å². The van der Waals surface area contributed by atoms with Crippen molar-refractivity contribution in [3.05, 3.63) is 36.6 Å². The number of hydrogen-bond donors (Lipinski definition) is 0. The molecule has 0 aromatic carbocycles. The minimum absolute atomic E-state index is 0.00935. The van der Waals surface area contributed by atoms with Crippen LogP contribution < -0.4 is 0 Å². The largest absolute Gasteiger partial charge is 0.438 e. The van der Waals surface area contributed by atoms with E-state index in [1.165, 1.54) is 12.6 Å². The van der Waals surface area contributed by atoms with Crippen LogP contribution >= 0.6 is 0 Å². The molecule has 1 aliphatic rings. The van der Waals surface area contributed by atoms with Crippen molar-refractivity contribution in [3.63, 3.8) is 0 Å². The molecule has 6 nitrogen and oxygen atoms in total. The van der Waals surface area contributed by atoms with Crippen molar-refractivity contribution in [3.8, 4) is 0 Å². The first kappa shape index (κ1) is 12.9. The monoisotopic (exact) mass is 274 g/mol. The van der Waals surface area contributed by atoms with E-state index in [-0.39, 0.29) is 11.9 Å². The number of carbonyl (C=O) groups excluding carboxylic acids is 1. The maximum atomic E-state index is 12.6. The maximum Gasteiger partial charge on any atom is 0.291 e. The Morgan fingerprint density at radius 1 is 1.50 bits per heavy atom. The fourth-order valence-electron chi connectivity index (χ4n) is 2.78. The quantitative estimate of drug-likeness (QED) is 0.861. The van der Waals surface area contributed by atoms with Crippen LogP contribution in [0.2, 0.25) is 0 Å². The van der Waals surface area contributed by atoms with Crippen molar-refractivity contribution in [2.45, 2.75) is 38.8 Å². The molecule has 2 aromatic heterocycles. The molecule has 0 spiro atoms. The molecule has 0 saturated carbocycles. The molecular formula is C14H18N4O2. The predicted molar refractivity (Wildman–Crippen MR) is 72.0 cm³/mol.